The van der Waals surface area contributed by atoms with Crippen molar-refractivity contribution < 1.29 is 74.4 Å². The van der Waals surface area contributed by atoms with Crippen LogP contribution in [0.5, 0.6) is 0 Å². The average Bonchev–Trinajstić information content (AvgIpc) is 2.75. The summed E-state index contributed by atoms with van der Waals surface area (Å²) in [6, 6.07) is 6.67. The van der Waals surface area contributed by atoms with Gasteiger partial charge in [-0.05, 0) is 24.3 Å². The predicted molar refractivity (Wildman–Crippen MR) is 120 cm³/mol. The van der Waals surface area contributed by atoms with Crippen LogP contribution in [0.2, 0.25) is 0 Å². The van der Waals surface area contributed by atoms with Crippen LogP contribution in [0.1, 0.15) is 6.92 Å². The molecule has 1 aromatic rings. The quantitative estimate of drug-likeness (QED) is 0.266. The third-order valence-corrected chi connectivity index (χ3v) is 5.59. The summed E-state index contributed by atoms with van der Waals surface area (Å²) in [6.07, 6.45) is 0. The van der Waals surface area contributed by atoms with Crippen molar-refractivity contribution in [2.75, 3.05) is 82.7 Å². The SMILES string of the molecule is CC(=O)N(c1ccc(N)cc1)N1CCN(CC(=O)[O-])CCN(CC(=O)[O-])CCN(CC(=O)[O-])CC1.[Gd+3]. The molecule has 14 heteroatoms. The molecular formula is C22H31GdN6O7. The number of hydrazine groups is 1. The molecule has 1 saturated heterocycles. The molecule has 0 spiro atoms. The Morgan fingerprint density at radius 1 is 0.722 bits per heavy atom. The Hall–Kier alpha value is -1.94. The largest absolute Gasteiger partial charge is 3.00 e. The normalized spacial score (nSPS) is 17.2. The fourth-order valence-electron chi connectivity index (χ4n) is 3.91. The predicted octanol–water partition coefficient (Wildman–Crippen LogP) is -4.99. The van der Waals surface area contributed by atoms with Gasteiger partial charge in [0, 0.05) is 84.6 Å². The van der Waals surface area contributed by atoms with Crippen molar-refractivity contribution in [1.29, 1.82) is 0 Å². The Bertz CT molecular complexity index is 856. The second-order valence-corrected chi connectivity index (χ2v) is 8.32. The summed E-state index contributed by atoms with van der Waals surface area (Å²) in [6.45, 7) is 2.07. The maximum atomic E-state index is 12.6. The van der Waals surface area contributed by atoms with Crippen LogP contribution in [-0.4, -0.2) is 116 Å². The van der Waals surface area contributed by atoms with Crippen molar-refractivity contribution in [3.05, 3.63) is 24.3 Å². The van der Waals surface area contributed by atoms with Crippen molar-refractivity contribution in [2.24, 2.45) is 0 Å². The minimum atomic E-state index is -1.29. The number of hydrogen-bond acceptors (Lipinski definition) is 12. The summed E-state index contributed by atoms with van der Waals surface area (Å²) in [4.78, 5) is 51.1. The van der Waals surface area contributed by atoms with Gasteiger partial charge in [-0.15, -0.1) is 0 Å². The third-order valence-electron chi connectivity index (χ3n) is 5.59. The fourth-order valence-corrected chi connectivity index (χ4v) is 3.91. The molecule has 13 nitrogen and oxygen atoms in total. The molecule has 0 saturated carbocycles. The first kappa shape index (κ1) is 32.1. The molecule has 1 radical (unpaired) electrons. The maximum Gasteiger partial charge on any atom is 3.00 e. The molecule has 1 aliphatic rings. The zero-order chi connectivity index (χ0) is 26.0. The van der Waals surface area contributed by atoms with Gasteiger partial charge >= 0.3 is 39.9 Å². The van der Waals surface area contributed by atoms with E-state index >= 15 is 0 Å². The van der Waals surface area contributed by atoms with E-state index in [-0.39, 0.29) is 118 Å². The van der Waals surface area contributed by atoms with Gasteiger partial charge in [-0.3, -0.25) is 19.5 Å². The van der Waals surface area contributed by atoms with Crippen molar-refractivity contribution in [3.63, 3.8) is 0 Å². The van der Waals surface area contributed by atoms with Crippen LogP contribution in [0.3, 0.4) is 0 Å². The molecule has 1 amide bonds. The molecule has 2 rings (SSSR count). The first-order valence-electron chi connectivity index (χ1n) is 11.2. The monoisotopic (exact) mass is 649 g/mol. The van der Waals surface area contributed by atoms with E-state index < -0.39 is 17.9 Å². The van der Waals surface area contributed by atoms with E-state index in [4.69, 9.17) is 5.73 Å². The van der Waals surface area contributed by atoms with Gasteiger partial charge in [0.25, 0.3) is 0 Å². The van der Waals surface area contributed by atoms with E-state index in [1.165, 1.54) is 11.9 Å². The minimum Gasteiger partial charge on any atom is -0.549 e. The summed E-state index contributed by atoms with van der Waals surface area (Å²) in [5.41, 5.74) is 6.84. The number of carboxylic acid groups (broad SMARTS) is 3. The van der Waals surface area contributed by atoms with Crippen molar-refractivity contribution >= 4 is 35.2 Å². The third kappa shape index (κ3) is 11.4. The Balaban J connectivity index is 0.00000648. The van der Waals surface area contributed by atoms with Crippen LogP contribution in [0, 0.1) is 39.9 Å². The molecule has 0 aliphatic carbocycles. The molecule has 2 N–H and O–H groups in total. The van der Waals surface area contributed by atoms with E-state index in [1.807, 2.05) is 0 Å². The zero-order valence-electron chi connectivity index (χ0n) is 20.1. The van der Waals surface area contributed by atoms with Gasteiger partial charge in [-0.1, -0.05) is 0 Å². The van der Waals surface area contributed by atoms with Gasteiger partial charge in [-0.25, -0.2) is 10.0 Å². The average molecular weight is 649 g/mol. The summed E-state index contributed by atoms with van der Waals surface area (Å²) in [5, 5.41) is 36.9. The smallest absolute Gasteiger partial charge is 0.549 e. The summed E-state index contributed by atoms with van der Waals surface area (Å²) < 4.78 is 0. The van der Waals surface area contributed by atoms with Gasteiger partial charge in [-0.2, -0.15) is 0 Å². The molecule has 0 unspecified atom stereocenters. The Morgan fingerprint density at radius 2 is 1.06 bits per heavy atom. The number of nitrogen functional groups attached to an aromatic ring is 1. The number of carbonyl (C=O) groups is 4. The van der Waals surface area contributed by atoms with Crippen LogP contribution < -0.4 is 26.1 Å². The number of carbonyl (C=O) groups excluding carboxylic acids is 4. The van der Waals surface area contributed by atoms with E-state index in [1.54, 1.807) is 44.0 Å². The molecule has 36 heavy (non-hydrogen) atoms. The number of anilines is 2. The Kier molecular flexibility index (Phi) is 14.3. The van der Waals surface area contributed by atoms with Crippen molar-refractivity contribution in [1.82, 2.24) is 19.7 Å². The molecule has 1 aromatic carbocycles. The van der Waals surface area contributed by atoms with Crippen molar-refractivity contribution in [3.8, 4) is 0 Å². The Labute approximate surface area is 242 Å². The first-order chi connectivity index (χ1) is 16.5. The van der Waals surface area contributed by atoms with Crippen LogP contribution in [0.25, 0.3) is 0 Å². The molecule has 1 aliphatic heterocycles. The second kappa shape index (κ2) is 16.0. The van der Waals surface area contributed by atoms with E-state index in [0.29, 0.717) is 11.4 Å². The summed E-state index contributed by atoms with van der Waals surface area (Å²) in [5.74, 6) is -4.14. The molecular weight excluding hydrogens is 618 g/mol. The van der Waals surface area contributed by atoms with Gasteiger partial charge in [0.05, 0.1) is 23.6 Å². The number of rotatable bonds is 8. The minimum absolute atomic E-state index is 0. The van der Waals surface area contributed by atoms with Crippen LogP contribution in [-0.2, 0) is 19.2 Å². The fraction of sp³-hybridized carbons (Fsp3) is 0.545. The number of nitrogens with two attached hydrogens (primary N) is 1. The first-order valence-corrected chi connectivity index (χ1v) is 11.2. The van der Waals surface area contributed by atoms with E-state index in [0.717, 1.165) is 0 Å². The molecule has 199 valence electrons. The second-order valence-electron chi connectivity index (χ2n) is 8.32. The van der Waals surface area contributed by atoms with E-state index in [2.05, 4.69) is 0 Å². The van der Waals surface area contributed by atoms with Gasteiger partial charge in [0.1, 0.15) is 0 Å². The number of benzene rings is 1. The zero-order valence-corrected chi connectivity index (χ0v) is 22.4. The maximum absolute atomic E-state index is 12.6. The Morgan fingerprint density at radius 3 is 1.36 bits per heavy atom. The summed E-state index contributed by atoms with van der Waals surface area (Å²) >= 11 is 0. The molecule has 0 atom stereocenters. The number of hydrogen-bond donors (Lipinski definition) is 1. The van der Waals surface area contributed by atoms with Gasteiger partial charge in [0.15, 0.2) is 0 Å². The molecule has 0 bridgehead atoms. The van der Waals surface area contributed by atoms with Gasteiger partial charge < -0.3 is 35.4 Å². The topological polar surface area (TPSA) is 180 Å². The standard InChI is InChI=1S/C22H34N6O7.Gd/c1-17(29)28(19-4-2-18(23)3-5-19)27-12-10-25(15-21(32)33)8-6-24(14-20(30)31)7-9-26(11-13-27)16-22(34)35;/h2-5H,6-16,23H2,1H3,(H,30,31)(H,32,33)(H,34,35);/q;+3/p-3. The molecule has 0 aromatic heterocycles. The number of carboxylic acids is 3. The van der Waals surface area contributed by atoms with E-state index in [9.17, 15) is 34.5 Å². The van der Waals surface area contributed by atoms with Crippen LogP contribution in [0.4, 0.5) is 11.4 Å². The molecule has 1 heterocycles. The number of aliphatic carboxylic acids is 3. The number of nitrogens with zero attached hydrogens (tertiary/aromatic N) is 5. The number of amides is 1. The molecule has 1 fully saturated rings. The van der Waals surface area contributed by atoms with Gasteiger partial charge in [0.2, 0.25) is 5.91 Å². The summed E-state index contributed by atoms with van der Waals surface area (Å²) in [7, 11) is 0. The van der Waals surface area contributed by atoms with Crippen LogP contribution in [0.15, 0.2) is 24.3 Å². The van der Waals surface area contributed by atoms with Crippen LogP contribution >= 0.6 is 0 Å². The van der Waals surface area contributed by atoms with Crippen molar-refractivity contribution in [2.45, 2.75) is 6.92 Å².